The molecule has 1 atom stereocenters. The summed E-state index contributed by atoms with van der Waals surface area (Å²) in [5.41, 5.74) is 1.90. The first-order chi connectivity index (χ1) is 11.1. The maximum Gasteiger partial charge on any atom is 0.252 e. The number of carbonyl (C=O) groups is 1. The number of amides is 1. The van der Waals surface area contributed by atoms with E-state index in [0.29, 0.717) is 19.1 Å². The molecular formula is C19H24N2O2. The molecule has 1 amide bonds. The van der Waals surface area contributed by atoms with Gasteiger partial charge in [0.05, 0.1) is 17.8 Å². The van der Waals surface area contributed by atoms with Crippen LogP contribution in [0, 0.1) is 5.92 Å². The van der Waals surface area contributed by atoms with E-state index in [1.165, 1.54) is 0 Å². The molecule has 2 aromatic rings. The largest absolute Gasteiger partial charge is 0.368 e. The summed E-state index contributed by atoms with van der Waals surface area (Å²) in [5, 5.41) is 1.12. The molecule has 0 spiro atoms. The van der Waals surface area contributed by atoms with Gasteiger partial charge in [-0.05, 0) is 30.9 Å². The summed E-state index contributed by atoms with van der Waals surface area (Å²) in [6.45, 7) is 6.22. The van der Waals surface area contributed by atoms with Crippen molar-refractivity contribution in [2.45, 2.75) is 39.3 Å². The van der Waals surface area contributed by atoms with Crippen molar-refractivity contribution in [3.05, 3.63) is 42.1 Å². The van der Waals surface area contributed by atoms with Crippen LogP contribution in [-0.2, 0) is 16.1 Å². The molecule has 0 saturated carbocycles. The third-order valence-electron chi connectivity index (χ3n) is 4.11. The van der Waals surface area contributed by atoms with E-state index in [-0.39, 0.29) is 12.0 Å². The van der Waals surface area contributed by atoms with E-state index in [0.717, 1.165) is 36.0 Å². The van der Waals surface area contributed by atoms with E-state index in [1.54, 1.807) is 0 Å². The highest BCUT2D eigenvalue weighted by Crippen LogP contribution is 2.18. The normalized spacial score (nSPS) is 17.8. The summed E-state index contributed by atoms with van der Waals surface area (Å²) in [6.07, 6.45) is 1.54. The van der Waals surface area contributed by atoms with Crippen LogP contribution < -0.4 is 0 Å². The van der Waals surface area contributed by atoms with Gasteiger partial charge in [0.15, 0.2) is 0 Å². The standard InChI is InChI=1S/C19H24N2O2/c1-14(2)12-21(19(22)18-8-5-11-23-18)13-16-10-9-15-6-3-4-7-17(15)20-16/h3-4,6-7,9-10,14,18H,5,8,11-13H2,1-2H3/t18-/m0/s1. The number of hydrogen-bond donors (Lipinski definition) is 0. The van der Waals surface area contributed by atoms with Gasteiger partial charge < -0.3 is 9.64 Å². The van der Waals surface area contributed by atoms with Gasteiger partial charge in [-0.25, -0.2) is 0 Å². The van der Waals surface area contributed by atoms with Crippen LogP contribution in [0.4, 0.5) is 0 Å². The molecule has 1 aliphatic heterocycles. The fourth-order valence-corrected chi connectivity index (χ4v) is 3.04. The molecule has 1 aromatic heterocycles. The van der Waals surface area contributed by atoms with Crippen molar-refractivity contribution in [1.82, 2.24) is 9.88 Å². The van der Waals surface area contributed by atoms with E-state index in [9.17, 15) is 4.79 Å². The maximum absolute atomic E-state index is 12.7. The second kappa shape index (κ2) is 7.09. The molecule has 0 aliphatic carbocycles. The molecule has 0 bridgehead atoms. The highest BCUT2D eigenvalue weighted by Gasteiger charge is 2.28. The topological polar surface area (TPSA) is 42.4 Å². The Balaban J connectivity index is 1.79. The summed E-state index contributed by atoms with van der Waals surface area (Å²) in [7, 11) is 0. The minimum Gasteiger partial charge on any atom is -0.368 e. The molecule has 0 radical (unpaired) electrons. The van der Waals surface area contributed by atoms with Crippen LogP contribution in [0.25, 0.3) is 10.9 Å². The van der Waals surface area contributed by atoms with Crippen LogP contribution in [0.3, 0.4) is 0 Å². The van der Waals surface area contributed by atoms with Crippen molar-refractivity contribution < 1.29 is 9.53 Å². The molecule has 1 saturated heterocycles. The number of para-hydroxylation sites is 1. The lowest BCUT2D eigenvalue weighted by atomic mass is 10.1. The zero-order chi connectivity index (χ0) is 16.2. The van der Waals surface area contributed by atoms with Gasteiger partial charge in [0, 0.05) is 18.5 Å². The molecule has 0 unspecified atom stereocenters. The zero-order valence-electron chi connectivity index (χ0n) is 13.9. The third kappa shape index (κ3) is 3.88. The van der Waals surface area contributed by atoms with Gasteiger partial charge in [-0.1, -0.05) is 38.1 Å². The molecular weight excluding hydrogens is 288 g/mol. The summed E-state index contributed by atoms with van der Waals surface area (Å²) >= 11 is 0. The number of benzene rings is 1. The first-order valence-corrected chi connectivity index (χ1v) is 8.38. The van der Waals surface area contributed by atoms with Gasteiger partial charge in [0.1, 0.15) is 6.10 Å². The minimum atomic E-state index is -0.269. The van der Waals surface area contributed by atoms with Crippen LogP contribution in [0.2, 0.25) is 0 Å². The Kier molecular flexibility index (Phi) is 4.91. The lowest BCUT2D eigenvalue weighted by Crippen LogP contribution is -2.40. The van der Waals surface area contributed by atoms with Gasteiger partial charge in [-0.2, -0.15) is 0 Å². The highest BCUT2D eigenvalue weighted by atomic mass is 16.5. The van der Waals surface area contributed by atoms with Crippen LogP contribution in [0.5, 0.6) is 0 Å². The predicted molar refractivity (Wildman–Crippen MR) is 91.0 cm³/mol. The summed E-state index contributed by atoms with van der Waals surface area (Å²) in [6, 6.07) is 12.1. The third-order valence-corrected chi connectivity index (χ3v) is 4.11. The highest BCUT2D eigenvalue weighted by molar-refractivity contribution is 5.81. The first-order valence-electron chi connectivity index (χ1n) is 8.38. The monoisotopic (exact) mass is 312 g/mol. The van der Waals surface area contributed by atoms with Crippen molar-refractivity contribution in [2.75, 3.05) is 13.2 Å². The van der Waals surface area contributed by atoms with Crippen molar-refractivity contribution in [2.24, 2.45) is 5.92 Å². The average molecular weight is 312 g/mol. The smallest absolute Gasteiger partial charge is 0.252 e. The Hall–Kier alpha value is -1.94. The number of pyridine rings is 1. The zero-order valence-corrected chi connectivity index (χ0v) is 13.9. The number of fused-ring (bicyclic) bond motifs is 1. The number of aromatic nitrogens is 1. The Morgan fingerprint density at radius 1 is 1.30 bits per heavy atom. The Bertz CT molecular complexity index is 678. The molecule has 1 aromatic carbocycles. The van der Waals surface area contributed by atoms with Gasteiger partial charge in [-0.15, -0.1) is 0 Å². The lowest BCUT2D eigenvalue weighted by Gasteiger charge is -2.26. The minimum absolute atomic E-state index is 0.103. The second-order valence-electron chi connectivity index (χ2n) is 6.61. The van der Waals surface area contributed by atoms with E-state index >= 15 is 0 Å². The Morgan fingerprint density at radius 3 is 2.87 bits per heavy atom. The van der Waals surface area contributed by atoms with E-state index in [1.807, 2.05) is 29.2 Å². The van der Waals surface area contributed by atoms with Crippen LogP contribution in [0.15, 0.2) is 36.4 Å². The van der Waals surface area contributed by atoms with Gasteiger partial charge >= 0.3 is 0 Å². The number of carbonyl (C=O) groups excluding carboxylic acids is 1. The fraction of sp³-hybridized carbons (Fsp3) is 0.474. The molecule has 4 nitrogen and oxygen atoms in total. The first kappa shape index (κ1) is 15.9. The molecule has 0 N–H and O–H groups in total. The quantitative estimate of drug-likeness (QED) is 0.850. The van der Waals surface area contributed by atoms with Gasteiger partial charge in [0.25, 0.3) is 5.91 Å². The lowest BCUT2D eigenvalue weighted by molar-refractivity contribution is -0.142. The van der Waals surface area contributed by atoms with Crippen molar-refractivity contribution >= 4 is 16.8 Å². The van der Waals surface area contributed by atoms with Crippen LogP contribution >= 0.6 is 0 Å². The molecule has 1 fully saturated rings. The van der Waals surface area contributed by atoms with Crippen molar-refractivity contribution in [3.8, 4) is 0 Å². The molecule has 122 valence electrons. The van der Waals surface area contributed by atoms with Gasteiger partial charge in [0.2, 0.25) is 0 Å². The van der Waals surface area contributed by atoms with Crippen molar-refractivity contribution in [1.29, 1.82) is 0 Å². The molecule has 1 aliphatic rings. The fourth-order valence-electron chi connectivity index (χ4n) is 3.04. The van der Waals surface area contributed by atoms with E-state index in [2.05, 4.69) is 26.0 Å². The van der Waals surface area contributed by atoms with Crippen molar-refractivity contribution in [3.63, 3.8) is 0 Å². The predicted octanol–water partition coefficient (Wildman–Crippen LogP) is 3.40. The number of rotatable bonds is 5. The van der Waals surface area contributed by atoms with Crippen LogP contribution in [0.1, 0.15) is 32.4 Å². The number of ether oxygens (including phenoxy) is 1. The SMILES string of the molecule is CC(C)CN(Cc1ccc2ccccc2n1)C(=O)[C@@H]1CCCO1. The molecule has 4 heteroatoms. The summed E-state index contributed by atoms with van der Waals surface area (Å²) in [5.74, 6) is 0.520. The van der Waals surface area contributed by atoms with E-state index in [4.69, 9.17) is 9.72 Å². The maximum atomic E-state index is 12.7. The summed E-state index contributed by atoms with van der Waals surface area (Å²) in [4.78, 5) is 19.3. The Morgan fingerprint density at radius 2 is 2.13 bits per heavy atom. The number of nitrogens with zero attached hydrogens (tertiary/aromatic N) is 2. The molecule has 3 rings (SSSR count). The molecule has 23 heavy (non-hydrogen) atoms. The molecule has 2 heterocycles. The Labute approximate surface area is 137 Å². The summed E-state index contributed by atoms with van der Waals surface area (Å²) < 4.78 is 5.57. The average Bonchev–Trinajstić information content (AvgIpc) is 3.07. The number of hydrogen-bond acceptors (Lipinski definition) is 3. The van der Waals surface area contributed by atoms with Crippen LogP contribution in [-0.4, -0.2) is 35.0 Å². The second-order valence-corrected chi connectivity index (χ2v) is 6.61. The van der Waals surface area contributed by atoms with E-state index < -0.39 is 0 Å². The van der Waals surface area contributed by atoms with Gasteiger partial charge in [-0.3, -0.25) is 9.78 Å².